The van der Waals surface area contributed by atoms with E-state index in [4.69, 9.17) is 5.73 Å². The van der Waals surface area contributed by atoms with E-state index >= 15 is 0 Å². The van der Waals surface area contributed by atoms with E-state index in [-0.39, 0.29) is 36.1 Å². The molecule has 5 nitrogen and oxygen atoms in total. The van der Waals surface area contributed by atoms with Gasteiger partial charge in [0, 0.05) is 35.6 Å². The molecule has 2 rings (SSSR count). The number of thiazole rings is 2. The van der Waals surface area contributed by atoms with Gasteiger partial charge in [0.1, 0.15) is 5.69 Å². The van der Waals surface area contributed by atoms with Gasteiger partial charge in [0.2, 0.25) is 0 Å². The molecule has 0 aliphatic carbocycles. The first-order valence-electron chi connectivity index (χ1n) is 7.27. The van der Waals surface area contributed by atoms with Gasteiger partial charge in [0.25, 0.3) is 5.91 Å². The lowest BCUT2D eigenvalue weighted by molar-refractivity contribution is 0.0949. The lowest BCUT2D eigenvalue weighted by Gasteiger charge is -2.14. The summed E-state index contributed by atoms with van der Waals surface area (Å²) < 4.78 is 0. The van der Waals surface area contributed by atoms with Crippen LogP contribution in [0.2, 0.25) is 0 Å². The van der Waals surface area contributed by atoms with Crippen molar-refractivity contribution in [2.45, 2.75) is 39.0 Å². The highest BCUT2D eigenvalue weighted by atomic mass is 35.5. The Bertz CT molecular complexity index is 637. The summed E-state index contributed by atoms with van der Waals surface area (Å²) in [6.07, 6.45) is 1.46. The quantitative estimate of drug-likeness (QED) is 0.765. The standard InChI is InChI=1S/C15H22N4OS2.2ClH/c1-15(2,3)11-9-22-13(19-11)5-7-17-14(20)10-8-21-12(18-10)4-6-16;;/h8-9H,4-7,16H2,1-3H3,(H,17,20);2*1H. The van der Waals surface area contributed by atoms with Crippen molar-refractivity contribution < 1.29 is 4.79 Å². The molecule has 2 aromatic rings. The molecule has 0 radical (unpaired) electrons. The van der Waals surface area contributed by atoms with E-state index in [0.717, 1.165) is 22.1 Å². The van der Waals surface area contributed by atoms with E-state index in [0.29, 0.717) is 25.2 Å². The van der Waals surface area contributed by atoms with Gasteiger partial charge in [-0.05, 0) is 6.54 Å². The first-order chi connectivity index (χ1) is 10.4. The van der Waals surface area contributed by atoms with Crippen molar-refractivity contribution >= 4 is 53.4 Å². The fourth-order valence-corrected chi connectivity index (χ4v) is 3.62. The maximum absolute atomic E-state index is 12.0. The van der Waals surface area contributed by atoms with Crippen LogP contribution in [0.3, 0.4) is 0 Å². The van der Waals surface area contributed by atoms with Crippen LogP contribution in [-0.4, -0.2) is 29.0 Å². The predicted octanol–water partition coefficient (Wildman–Crippen LogP) is 3.21. The summed E-state index contributed by atoms with van der Waals surface area (Å²) in [6, 6.07) is 0. The first-order valence-corrected chi connectivity index (χ1v) is 9.03. The third-order valence-electron chi connectivity index (χ3n) is 3.09. The van der Waals surface area contributed by atoms with Crippen LogP contribution in [0.15, 0.2) is 10.8 Å². The van der Waals surface area contributed by atoms with Crippen LogP contribution in [0.25, 0.3) is 0 Å². The minimum Gasteiger partial charge on any atom is -0.350 e. The number of carbonyl (C=O) groups excluding carboxylic acids is 1. The lowest BCUT2D eigenvalue weighted by atomic mass is 9.93. The lowest BCUT2D eigenvalue weighted by Crippen LogP contribution is -2.26. The van der Waals surface area contributed by atoms with Gasteiger partial charge in [0.15, 0.2) is 0 Å². The predicted molar refractivity (Wildman–Crippen MR) is 106 cm³/mol. The smallest absolute Gasteiger partial charge is 0.270 e. The second-order valence-electron chi connectivity index (χ2n) is 6.05. The Morgan fingerprint density at radius 1 is 1.12 bits per heavy atom. The van der Waals surface area contributed by atoms with E-state index in [1.54, 1.807) is 16.7 Å². The molecule has 24 heavy (non-hydrogen) atoms. The number of amides is 1. The molecular weight excluding hydrogens is 387 g/mol. The van der Waals surface area contributed by atoms with Gasteiger partial charge in [0.05, 0.1) is 15.7 Å². The highest BCUT2D eigenvalue weighted by Gasteiger charge is 2.17. The minimum atomic E-state index is -0.132. The van der Waals surface area contributed by atoms with Crippen LogP contribution < -0.4 is 11.1 Å². The molecule has 0 saturated heterocycles. The van der Waals surface area contributed by atoms with Gasteiger partial charge < -0.3 is 11.1 Å². The summed E-state index contributed by atoms with van der Waals surface area (Å²) in [4.78, 5) is 20.9. The van der Waals surface area contributed by atoms with Crippen molar-refractivity contribution in [2.75, 3.05) is 13.1 Å². The number of nitrogens with one attached hydrogen (secondary N) is 1. The zero-order valence-corrected chi connectivity index (χ0v) is 17.3. The van der Waals surface area contributed by atoms with Gasteiger partial charge in [-0.1, -0.05) is 20.8 Å². The third kappa shape index (κ3) is 6.64. The Morgan fingerprint density at radius 2 is 1.75 bits per heavy atom. The first kappa shape index (κ1) is 23.3. The van der Waals surface area contributed by atoms with E-state index in [1.807, 2.05) is 0 Å². The van der Waals surface area contributed by atoms with E-state index < -0.39 is 0 Å². The molecule has 136 valence electrons. The molecule has 0 saturated carbocycles. The van der Waals surface area contributed by atoms with Crippen LogP contribution in [0.5, 0.6) is 0 Å². The molecule has 0 bridgehead atoms. The molecule has 2 heterocycles. The average molecular weight is 411 g/mol. The molecule has 2 aromatic heterocycles. The fourth-order valence-electron chi connectivity index (χ4n) is 1.80. The number of hydrogen-bond acceptors (Lipinski definition) is 6. The molecule has 0 aliphatic heterocycles. The topological polar surface area (TPSA) is 80.9 Å². The Morgan fingerprint density at radius 3 is 2.33 bits per heavy atom. The molecule has 0 spiro atoms. The summed E-state index contributed by atoms with van der Waals surface area (Å²) in [6.45, 7) is 7.56. The van der Waals surface area contributed by atoms with Crippen molar-refractivity contribution in [1.82, 2.24) is 15.3 Å². The number of nitrogens with zero attached hydrogens (tertiary/aromatic N) is 2. The molecule has 9 heteroatoms. The monoisotopic (exact) mass is 410 g/mol. The largest absolute Gasteiger partial charge is 0.350 e. The summed E-state index contributed by atoms with van der Waals surface area (Å²) in [5, 5.41) is 8.72. The Labute approximate surface area is 163 Å². The van der Waals surface area contributed by atoms with Crippen LogP contribution in [0.1, 0.15) is 47.0 Å². The van der Waals surface area contributed by atoms with Crippen molar-refractivity contribution in [1.29, 1.82) is 0 Å². The second kappa shape index (κ2) is 10.3. The molecule has 0 atom stereocenters. The highest BCUT2D eigenvalue weighted by Crippen LogP contribution is 2.23. The molecule has 0 aliphatic rings. The molecule has 3 N–H and O–H groups in total. The number of halogens is 2. The molecule has 0 unspecified atom stereocenters. The fraction of sp³-hybridized carbons (Fsp3) is 0.533. The maximum Gasteiger partial charge on any atom is 0.270 e. The van der Waals surface area contributed by atoms with Crippen LogP contribution in [-0.2, 0) is 18.3 Å². The SMILES string of the molecule is CC(C)(C)c1csc(CCNC(=O)c2csc(CCN)n2)n1.Cl.Cl. The zero-order valence-electron chi connectivity index (χ0n) is 14.0. The van der Waals surface area contributed by atoms with Crippen LogP contribution in [0, 0.1) is 0 Å². The maximum atomic E-state index is 12.0. The highest BCUT2D eigenvalue weighted by molar-refractivity contribution is 7.10. The molecule has 1 amide bonds. The second-order valence-corrected chi connectivity index (χ2v) is 7.93. The van der Waals surface area contributed by atoms with Gasteiger partial charge >= 0.3 is 0 Å². The van der Waals surface area contributed by atoms with Gasteiger partial charge in [-0.3, -0.25) is 4.79 Å². The van der Waals surface area contributed by atoms with Crippen molar-refractivity contribution in [2.24, 2.45) is 5.73 Å². The Hall–Kier alpha value is -0.730. The van der Waals surface area contributed by atoms with Crippen molar-refractivity contribution in [3.05, 3.63) is 32.2 Å². The number of hydrogen-bond donors (Lipinski definition) is 2. The number of rotatable bonds is 6. The summed E-state index contributed by atoms with van der Waals surface area (Å²) in [5.74, 6) is -0.132. The molecule has 0 aromatic carbocycles. The van der Waals surface area contributed by atoms with Crippen molar-refractivity contribution in [3.8, 4) is 0 Å². The van der Waals surface area contributed by atoms with Crippen LogP contribution in [0.4, 0.5) is 0 Å². The van der Waals surface area contributed by atoms with E-state index in [9.17, 15) is 4.79 Å². The van der Waals surface area contributed by atoms with Crippen molar-refractivity contribution in [3.63, 3.8) is 0 Å². The minimum absolute atomic E-state index is 0. The van der Waals surface area contributed by atoms with E-state index in [2.05, 4.69) is 41.4 Å². The number of carbonyl (C=O) groups is 1. The molecule has 0 fully saturated rings. The third-order valence-corrected chi connectivity index (χ3v) is 4.90. The number of aromatic nitrogens is 2. The van der Waals surface area contributed by atoms with E-state index in [1.165, 1.54) is 11.3 Å². The van der Waals surface area contributed by atoms with Gasteiger partial charge in [-0.2, -0.15) is 0 Å². The zero-order chi connectivity index (χ0) is 16.2. The molecular formula is C15H24Cl2N4OS2. The Kier molecular flexibility index (Phi) is 9.99. The van der Waals surface area contributed by atoms with Crippen LogP contribution >= 0.6 is 47.5 Å². The summed E-state index contributed by atoms with van der Waals surface area (Å²) in [5.41, 5.74) is 7.13. The van der Waals surface area contributed by atoms with Gasteiger partial charge in [-0.25, -0.2) is 9.97 Å². The van der Waals surface area contributed by atoms with Gasteiger partial charge in [-0.15, -0.1) is 47.5 Å². The number of nitrogens with two attached hydrogens (primary N) is 1. The normalized spacial score (nSPS) is 10.7. The summed E-state index contributed by atoms with van der Waals surface area (Å²) in [7, 11) is 0. The average Bonchev–Trinajstić information content (AvgIpc) is 3.07. The summed E-state index contributed by atoms with van der Waals surface area (Å²) >= 11 is 3.12. The Balaban J connectivity index is 0.00000264.